The molecule has 0 radical (unpaired) electrons. The molecule has 134 valence electrons. The van der Waals surface area contributed by atoms with E-state index in [9.17, 15) is 14.4 Å². The maximum absolute atomic E-state index is 13.0. The van der Waals surface area contributed by atoms with Crippen LogP contribution in [0.15, 0.2) is 48.5 Å². The van der Waals surface area contributed by atoms with Crippen molar-refractivity contribution < 1.29 is 14.4 Å². The van der Waals surface area contributed by atoms with Gasteiger partial charge in [0.15, 0.2) is 0 Å². The zero-order chi connectivity index (χ0) is 18.8. The third kappa shape index (κ3) is 3.01. The molecule has 1 heterocycles. The molecule has 5 nitrogen and oxygen atoms in total. The molecule has 1 aliphatic rings. The van der Waals surface area contributed by atoms with Gasteiger partial charge in [0.05, 0.1) is 11.1 Å². The van der Waals surface area contributed by atoms with E-state index >= 15 is 0 Å². The average molecular weight is 350 g/mol. The Balaban J connectivity index is 1.95. The van der Waals surface area contributed by atoms with Crippen LogP contribution in [0, 0.1) is 12.8 Å². The summed E-state index contributed by atoms with van der Waals surface area (Å²) in [6.45, 7) is 5.72. The fraction of sp³-hybridized carbons (Fsp3) is 0.286. The lowest BCUT2D eigenvalue weighted by molar-refractivity contribution is -0.121. The van der Waals surface area contributed by atoms with Crippen molar-refractivity contribution >= 4 is 23.4 Å². The van der Waals surface area contributed by atoms with Gasteiger partial charge in [-0.25, -0.2) is 0 Å². The molecule has 3 amide bonds. The lowest BCUT2D eigenvalue weighted by Crippen LogP contribution is -2.50. The van der Waals surface area contributed by atoms with Crippen molar-refractivity contribution in [1.82, 2.24) is 4.90 Å². The first-order chi connectivity index (χ1) is 12.5. The number of nitrogens with one attached hydrogen (secondary N) is 1. The van der Waals surface area contributed by atoms with Gasteiger partial charge >= 0.3 is 0 Å². The number of hydrogen-bond donors (Lipinski definition) is 1. The second kappa shape index (κ2) is 7.12. The average Bonchev–Trinajstić information content (AvgIpc) is 2.89. The minimum Gasteiger partial charge on any atom is -0.324 e. The standard InChI is InChI=1S/C21H22N2O3/c1-4-13(2)18(19(24)22-17-12-8-5-9-14(17)3)23-20(25)15-10-6-7-11-16(15)21(23)26/h5-13,18H,4H2,1-3H3,(H,22,24)/t13-,18-/m0/s1. The molecule has 0 spiro atoms. The monoisotopic (exact) mass is 350 g/mol. The Morgan fingerprint density at radius 1 is 1.00 bits per heavy atom. The number of carbonyl (C=O) groups excluding carboxylic acids is 3. The summed E-state index contributed by atoms with van der Waals surface area (Å²) >= 11 is 0. The molecule has 0 saturated heterocycles. The van der Waals surface area contributed by atoms with Crippen LogP contribution in [0.1, 0.15) is 46.5 Å². The van der Waals surface area contributed by atoms with E-state index in [0.29, 0.717) is 23.2 Å². The van der Waals surface area contributed by atoms with Crippen LogP contribution in [0.2, 0.25) is 0 Å². The number of anilines is 1. The zero-order valence-electron chi connectivity index (χ0n) is 15.2. The smallest absolute Gasteiger partial charge is 0.262 e. The third-order valence-electron chi connectivity index (χ3n) is 4.96. The van der Waals surface area contributed by atoms with E-state index in [4.69, 9.17) is 0 Å². The Hall–Kier alpha value is -2.95. The molecule has 0 unspecified atom stereocenters. The number of rotatable bonds is 5. The first-order valence-corrected chi connectivity index (χ1v) is 8.79. The zero-order valence-corrected chi connectivity index (χ0v) is 15.2. The molecule has 0 fully saturated rings. The molecule has 0 aromatic heterocycles. The molecule has 1 aliphatic heterocycles. The van der Waals surface area contributed by atoms with E-state index < -0.39 is 17.9 Å². The van der Waals surface area contributed by atoms with E-state index in [0.717, 1.165) is 10.5 Å². The Kier molecular flexibility index (Phi) is 4.89. The lowest BCUT2D eigenvalue weighted by atomic mass is 9.96. The summed E-state index contributed by atoms with van der Waals surface area (Å²) in [7, 11) is 0. The van der Waals surface area contributed by atoms with Crippen LogP contribution in [-0.2, 0) is 4.79 Å². The van der Waals surface area contributed by atoms with Crippen molar-refractivity contribution in [1.29, 1.82) is 0 Å². The number of amides is 3. The van der Waals surface area contributed by atoms with Crippen molar-refractivity contribution in [3.05, 3.63) is 65.2 Å². The van der Waals surface area contributed by atoms with Gasteiger partial charge < -0.3 is 5.32 Å². The second-order valence-electron chi connectivity index (χ2n) is 6.66. The predicted molar refractivity (Wildman–Crippen MR) is 100.0 cm³/mol. The molecule has 2 atom stereocenters. The predicted octanol–water partition coefficient (Wildman–Crippen LogP) is 3.64. The molecular weight excluding hydrogens is 328 g/mol. The minimum absolute atomic E-state index is 0.166. The molecule has 26 heavy (non-hydrogen) atoms. The maximum atomic E-state index is 13.0. The van der Waals surface area contributed by atoms with Crippen molar-refractivity contribution in [3.8, 4) is 0 Å². The van der Waals surface area contributed by atoms with Gasteiger partial charge in [-0.1, -0.05) is 50.6 Å². The topological polar surface area (TPSA) is 66.5 Å². The molecule has 2 aromatic rings. The highest BCUT2D eigenvalue weighted by Gasteiger charge is 2.44. The summed E-state index contributed by atoms with van der Waals surface area (Å²) in [5.41, 5.74) is 2.32. The number of hydrogen-bond acceptors (Lipinski definition) is 3. The van der Waals surface area contributed by atoms with Crippen LogP contribution in [0.5, 0.6) is 0 Å². The van der Waals surface area contributed by atoms with Gasteiger partial charge in [-0.3, -0.25) is 19.3 Å². The summed E-state index contributed by atoms with van der Waals surface area (Å²) in [5, 5.41) is 2.89. The quantitative estimate of drug-likeness (QED) is 0.837. The highest BCUT2D eigenvalue weighted by Crippen LogP contribution is 2.29. The van der Waals surface area contributed by atoms with Gasteiger partial charge in [-0.15, -0.1) is 0 Å². The van der Waals surface area contributed by atoms with E-state index in [2.05, 4.69) is 5.32 Å². The molecular formula is C21H22N2O3. The maximum Gasteiger partial charge on any atom is 0.262 e. The van der Waals surface area contributed by atoms with Crippen molar-refractivity contribution in [2.45, 2.75) is 33.2 Å². The third-order valence-corrected chi connectivity index (χ3v) is 4.96. The summed E-state index contributed by atoms with van der Waals surface area (Å²) in [5.74, 6) is -1.32. The van der Waals surface area contributed by atoms with Gasteiger partial charge in [0.2, 0.25) is 5.91 Å². The van der Waals surface area contributed by atoms with Crippen LogP contribution in [0.4, 0.5) is 5.69 Å². The SMILES string of the molecule is CC[C@H](C)[C@@H](C(=O)Nc1ccccc1C)N1C(=O)c2ccccc2C1=O. The van der Waals surface area contributed by atoms with Crippen molar-refractivity contribution in [3.63, 3.8) is 0 Å². The van der Waals surface area contributed by atoms with E-state index in [1.54, 1.807) is 24.3 Å². The number of nitrogens with zero attached hydrogens (tertiary/aromatic N) is 1. The number of carbonyl (C=O) groups is 3. The molecule has 0 bridgehead atoms. The van der Waals surface area contributed by atoms with Gasteiger partial charge in [0.25, 0.3) is 11.8 Å². The Labute approximate surface area is 153 Å². The largest absolute Gasteiger partial charge is 0.324 e. The summed E-state index contributed by atoms with van der Waals surface area (Å²) in [6.07, 6.45) is 0.666. The van der Waals surface area contributed by atoms with Gasteiger partial charge in [0.1, 0.15) is 6.04 Å². The fourth-order valence-electron chi connectivity index (χ4n) is 3.23. The highest BCUT2D eigenvalue weighted by molar-refractivity contribution is 6.23. The fourth-order valence-corrected chi connectivity index (χ4v) is 3.23. The molecule has 0 aliphatic carbocycles. The van der Waals surface area contributed by atoms with Crippen LogP contribution in [0.25, 0.3) is 0 Å². The molecule has 3 rings (SSSR count). The van der Waals surface area contributed by atoms with Crippen LogP contribution < -0.4 is 5.32 Å². The summed E-state index contributed by atoms with van der Waals surface area (Å²) in [4.78, 5) is 39.8. The first kappa shape index (κ1) is 17.9. The number of aryl methyl sites for hydroxylation is 1. The Morgan fingerprint density at radius 2 is 1.54 bits per heavy atom. The van der Waals surface area contributed by atoms with Gasteiger partial charge in [-0.05, 0) is 36.6 Å². The lowest BCUT2D eigenvalue weighted by Gasteiger charge is -2.30. The number of benzene rings is 2. The number of para-hydroxylation sites is 1. The number of imide groups is 1. The summed E-state index contributed by atoms with van der Waals surface area (Å²) in [6, 6.07) is 13.3. The van der Waals surface area contributed by atoms with E-state index in [1.165, 1.54) is 0 Å². The second-order valence-corrected chi connectivity index (χ2v) is 6.66. The molecule has 5 heteroatoms. The summed E-state index contributed by atoms with van der Waals surface area (Å²) < 4.78 is 0. The first-order valence-electron chi connectivity index (χ1n) is 8.79. The van der Waals surface area contributed by atoms with Gasteiger partial charge in [0, 0.05) is 5.69 Å². The van der Waals surface area contributed by atoms with Crippen LogP contribution >= 0.6 is 0 Å². The number of fused-ring (bicyclic) bond motifs is 1. The Bertz CT molecular complexity index is 840. The van der Waals surface area contributed by atoms with Crippen molar-refractivity contribution in [2.24, 2.45) is 5.92 Å². The van der Waals surface area contributed by atoms with E-state index in [-0.39, 0.29) is 11.8 Å². The molecule has 0 saturated carbocycles. The highest BCUT2D eigenvalue weighted by atomic mass is 16.2. The molecule has 1 N–H and O–H groups in total. The Morgan fingerprint density at radius 3 is 2.08 bits per heavy atom. The van der Waals surface area contributed by atoms with Crippen molar-refractivity contribution in [2.75, 3.05) is 5.32 Å². The molecule has 2 aromatic carbocycles. The van der Waals surface area contributed by atoms with Crippen LogP contribution in [-0.4, -0.2) is 28.7 Å². The normalized spacial score (nSPS) is 15.6. The van der Waals surface area contributed by atoms with Crippen LogP contribution in [0.3, 0.4) is 0 Å². The van der Waals surface area contributed by atoms with E-state index in [1.807, 2.05) is 45.0 Å². The minimum atomic E-state index is -0.855. The van der Waals surface area contributed by atoms with Gasteiger partial charge in [-0.2, -0.15) is 0 Å².